The number of guanidine groups is 1. The molecule has 0 saturated heterocycles. The van der Waals surface area contributed by atoms with Crippen LogP contribution in [-0.4, -0.2) is 50.4 Å². The molecule has 2 N–H and O–H groups in total. The van der Waals surface area contributed by atoms with Gasteiger partial charge in [-0.2, -0.15) is 4.98 Å². The van der Waals surface area contributed by atoms with Gasteiger partial charge in [-0.05, 0) is 31.0 Å². The Morgan fingerprint density at radius 1 is 1.18 bits per heavy atom. The van der Waals surface area contributed by atoms with Crippen molar-refractivity contribution in [3.05, 3.63) is 41.5 Å². The summed E-state index contributed by atoms with van der Waals surface area (Å²) < 4.78 is 28.2. The number of hydrogen-bond acceptors (Lipinski definition) is 6. The predicted molar refractivity (Wildman–Crippen MR) is 109 cm³/mol. The summed E-state index contributed by atoms with van der Waals surface area (Å²) in [4.78, 5) is 9.21. The fraction of sp³-hybridized carbons (Fsp3) is 0.526. The van der Waals surface area contributed by atoms with Crippen molar-refractivity contribution in [1.82, 2.24) is 20.8 Å². The first kappa shape index (κ1) is 21.9. The highest BCUT2D eigenvalue weighted by Gasteiger charge is 2.09. The summed E-state index contributed by atoms with van der Waals surface area (Å²) in [5.41, 5.74) is 1.06. The van der Waals surface area contributed by atoms with Crippen molar-refractivity contribution in [2.24, 2.45) is 4.99 Å². The summed E-state index contributed by atoms with van der Waals surface area (Å²) in [7, 11) is -3.16. The molecule has 8 nitrogen and oxygen atoms in total. The van der Waals surface area contributed by atoms with E-state index >= 15 is 0 Å². The third-order valence-electron chi connectivity index (χ3n) is 4.00. The molecule has 1 aromatic heterocycles. The molecule has 1 aromatic carbocycles. The van der Waals surface area contributed by atoms with E-state index in [0.717, 1.165) is 24.5 Å². The zero-order chi connectivity index (χ0) is 20.6. The van der Waals surface area contributed by atoms with Crippen LogP contribution in [0.2, 0.25) is 0 Å². The minimum atomic E-state index is -3.16. The fourth-order valence-electron chi connectivity index (χ4n) is 2.44. The third kappa shape index (κ3) is 6.95. The molecule has 28 heavy (non-hydrogen) atoms. The van der Waals surface area contributed by atoms with Crippen LogP contribution in [0, 0.1) is 0 Å². The van der Waals surface area contributed by atoms with Crippen LogP contribution in [0.1, 0.15) is 44.0 Å². The smallest absolute Gasteiger partial charge is 0.228 e. The van der Waals surface area contributed by atoms with Gasteiger partial charge in [0.25, 0.3) is 0 Å². The SMILES string of the molecule is CCNC(=NCCc1nc(C(C)C)no1)NCCc1ccc(S(C)(=O)=O)cc1. The number of sulfone groups is 1. The number of rotatable bonds is 9. The highest BCUT2D eigenvalue weighted by atomic mass is 32.2. The van der Waals surface area contributed by atoms with Crippen molar-refractivity contribution in [3.63, 3.8) is 0 Å². The summed E-state index contributed by atoms with van der Waals surface area (Å²) in [6.45, 7) is 8.03. The molecule has 2 aromatic rings. The van der Waals surface area contributed by atoms with Gasteiger partial charge in [-0.25, -0.2) is 8.42 Å². The zero-order valence-electron chi connectivity index (χ0n) is 16.9. The van der Waals surface area contributed by atoms with Crippen molar-refractivity contribution in [3.8, 4) is 0 Å². The molecule has 0 aliphatic heterocycles. The van der Waals surface area contributed by atoms with Crippen LogP contribution in [0.25, 0.3) is 0 Å². The Morgan fingerprint density at radius 2 is 1.89 bits per heavy atom. The second kappa shape index (κ2) is 10.2. The van der Waals surface area contributed by atoms with Gasteiger partial charge < -0.3 is 15.2 Å². The van der Waals surface area contributed by atoms with Crippen LogP contribution in [-0.2, 0) is 22.7 Å². The molecule has 0 bridgehead atoms. The van der Waals surface area contributed by atoms with Gasteiger partial charge in [0.1, 0.15) is 0 Å². The van der Waals surface area contributed by atoms with Crippen LogP contribution in [0.5, 0.6) is 0 Å². The number of hydrogen-bond donors (Lipinski definition) is 2. The van der Waals surface area contributed by atoms with E-state index in [4.69, 9.17) is 4.52 Å². The number of aliphatic imine (C=N–C) groups is 1. The fourth-order valence-corrected chi connectivity index (χ4v) is 3.07. The average molecular weight is 408 g/mol. The van der Waals surface area contributed by atoms with Crippen molar-refractivity contribution in [2.75, 3.05) is 25.9 Å². The molecule has 0 aliphatic rings. The maximum absolute atomic E-state index is 11.5. The second-order valence-corrected chi connectivity index (χ2v) is 8.82. The van der Waals surface area contributed by atoms with E-state index in [1.807, 2.05) is 32.9 Å². The Kier molecular flexibility index (Phi) is 7.98. The Labute approximate surface area is 166 Å². The molecule has 2 rings (SSSR count). The number of nitrogens with zero attached hydrogens (tertiary/aromatic N) is 3. The van der Waals surface area contributed by atoms with Crippen molar-refractivity contribution in [2.45, 2.75) is 44.4 Å². The van der Waals surface area contributed by atoms with Crippen LogP contribution in [0.4, 0.5) is 0 Å². The van der Waals surface area contributed by atoms with E-state index in [9.17, 15) is 8.42 Å². The lowest BCUT2D eigenvalue weighted by atomic mass is 10.1. The first-order chi connectivity index (χ1) is 13.3. The van der Waals surface area contributed by atoms with E-state index in [1.54, 1.807) is 12.1 Å². The molecular formula is C19H29N5O3S. The molecule has 1 heterocycles. The van der Waals surface area contributed by atoms with E-state index in [0.29, 0.717) is 36.1 Å². The van der Waals surface area contributed by atoms with Gasteiger partial charge in [0, 0.05) is 31.7 Å². The Hall–Kier alpha value is -2.42. The van der Waals surface area contributed by atoms with Crippen LogP contribution >= 0.6 is 0 Å². The number of aromatic nitrogens is 2. The van der Waals surface area contributed by atoms with E-state index in [2.05, 4.69) is 25.8 Å². The lowest BCUT2D eigenvalue weighted by molar-refractivity contribution is 0.372. The van der Waals surface area contributed by atoms with Gasteiger partial charge >= 0.3 is 0 Å². The minimum Gasteiger partial charge on any atom is -0.357 e. The summed E-state index contributed by atoms with van der Waals surface area (Å²) >= 11 is 0. The Morgan fingerprint density at radius 3 is 2.46 bits per heavy atom. The Bertz CT molecular complexity index is 873. The lowest BCUT2D eigenvalue weighted by Crippen LogP contribution is -2.38. The van der Waals surface area contributed by atoms with Gasteiger partial charge in [0.15, 0.2) is 21.6 Å². The molecule has 0 fully saturated rings. The van der Waals surface area contributed by atoms with Crippen LogP contribution < -0.4 is 10.6 Å². The van der Waals surface area contributed by atoms with E-state index < -0.39 is 9.84 Å². The topological polar surface area (TPSA) is 109 Å². The molecule has 0 unspecified atom stereocenters. The molecule has 0 atom stereocenters. The maximum Gasteiger partial charge on any atom is 0.228 e. The summed E-state index contributed by atoms with van der Waals surface area (Å²) in [5.74, 6) is 2.27. The predicted octanol–water partition coefficient (Wildman–Crippen LogP) is 1.94. The van der Waals surface area contributed by atoms with Gasteiger partial charge in [0.2, 0.25) is 5.89 Å². The van der Waals surface area contributed by atoms with E-state index in [1.165, 1.54) is 6.26 Å². The summed E-state index contributed by atoms with van der Waals surface area (Å²) in [6.07, 6.45) is 2.56. The highest BCUT2D eigenvalue weighted by Crippen LogP contribution is 2.11. The second-order valence-electron chi connectivity index (χ2n) is 6.80. The monoisotopic (exact) mass is 407 g/mol. The molecular weight excluding hydrogens is 378 g/mol. The maximum atomic E-state index is 11.5. The van der Waals surface area contributed by atoms with Crippen molar-refractivity contribution < 1.29 is 12.9 Å². The molecule has 0 aliphatic carbocycles. The Balaban J connectivity index is 1.83. The van der Waals surface area contributed by atoms with Crippen LogP contribution in [0.3, 0.4) is 0 Å². The average Bonchev–Trinajstić information content (AvgIpc) is 3.11. The molecule has 0 spiro atoms. The summed E-state index contributed by atoms with van der Waals surface area (Å²) in [5, 5.41) is 10.4. The zero-order valence-corrected chi connectivity index (χ0v) is 17.7. The molecule has 154 valence electrons. The molecule has 9 heteroatoms. The lowest BCUT2D eigenvalue weighted by Gasteiger charge is -2.11. The number of benzene rings is 1. The molecule has 0 saturated carbocycles. The highest BCUT2D eigenvalue weighted by molar-refractivity contribution is 7.90. The quantitative estimate of drug-likeness (QED) is 0.483. The van der Waals surface area contributed by atoms with Crippen LogP contribution in [0.15, 0.2) is 38.7 Å². The van der Waals surface area contributed by atoms with E-state index in [-0.39, 0.29) is 5.92 Å². The largest absolute Gasteiger partial charge is 0.357 e. The first-order valence-electron chi connectivity index (χ1n) is 9.43. The van der Waals surface area contributed by atoms with Crippen molar-refractivity contribution >= 4 is 15.8 Å². The molecule has 0 radical (unpaired) electrons. The van der Waals surface area contributed by atoms with Gasteiger partial charge in [-0.1, -0.05) is 31.1 Å². The molecule has 0 amide bonds. The standard InChI is InChI=1S/C19H29N5O3S/c1-5-20-19(22-13-11-17-23-18(14(2)3)24-27-17)21-12-10-15-6-8-16(9-7-15)28(4,25)26/h6-9,14H,5,10-13H2,1-4H3,(H2,20,21,22). The van der Waals surface area contributed by atoms with Gasteiger partial charge in [0.05, 0.1) is 11.4 Å². The first-order valence-corrected chi connectivity index (χ1v) is 11.3. The third-order valence-corrected chi connectivity index (χ3v) is 5.13. The van der Waals surface area contributed by atoms with Gasteiger partial charge in [-0.3, -0.25) is 4.99 Å². The number of nitrogens with one attached hydrogen (secondary N) is 2. The summed E-state index contributed by atoms with van der Waals surface area (Å²) in [6, 6.07) is 6.95. The van der Waals surface area contributed by atoms with Crippen molar-refractivity contribution in [1.29, 1.82) is 0 Å². The van der Waals surface area contributed by atoms with Gasteiger partial charge in [-0.15, -0.1) is 0 Å². The normalized spacial score (nSPS) is 12.4. The minimum absolute atomic E-state index is 0.242.